The molecular weight excluding hydrogens is 176 g/mol. The summed E-state index contributed by atoms with van der Waals surface area (Å²) >= 11 is 0. The van der Waals surface area contributed by atoms with E-state index >= 15 is 0 Å². The molecule has 0 unspecified atom stereocenters. The fourth-order valence-electron chi connectivity index (χ4n) is 1.39. The van der Waals surface area contributed by atoms with Crippen LogP contribution in [0.5, 0.6) is 0 Å². The third-order valence-electron chi connectivity index (χ3n) is 2.14. The molecule has 0 radical (unpaired) electrons. The van der Waals surface area contributed by atoms with Gasteiger partial charge >= 0.3 is 0 Å². The third-order valence-corrected chi connectivity index (χ3v) is 2.14. The van der Waals surface area contributed by atoms with Crippen molar-refractivity contribution in [2.45, 2.75) is 13.8 Å². The number of hydrogen-bond acceptors (Lipinski definition) is 2. The number of hydrogen-bond donors (Lipinski definition) is 1. The van der Waals surface area contributed by atoms with Crippen molar-refractivity contribution in [2.24, 2.45) is 0 Å². The van der Waals surface area contributed by atoms with Gasteiger partial charge in [0.15, 0.2) is 5.76 Å². The predicted octanol–water partition coefficient (Wildman–Crippen LogP) is 2.76. The molecule has 1 N–H and O–H groups in total. The topological polar surface area (TPSA) is 52.7 Å². The zero-order chi connectivity index (χ0) is 10.1. The van der Waals surface area contributed by atoms with Crippen molar-refractivity contribution in [3.05, 3.63) is 35.2 Å². The number of nitrogens with one attached hydrogen (secondary N) is 1. The van der Waals surface area contributed by atoms with E-state index in [-0.39, 0.29) is 0 Å². The highest BCUT2D eigenvalue weighted by molar-refractivity contribution is 5.57. The lowest BCUT2D eigenvalue weighted by Gasteiger charge is -1.89. The molecule has 0 spiro atoms. The van der Waals surface area contributed by atoms with E-state index in [4.69, 9.17) is 9.68 Å². The van der Waals surface area contributed by atoms with Gasteiger partial charge in [-0.05, 0) is 32.0 Å². The lowest BCUT2D eigenvalue weighted by Crippen LogP contribution is -1.74. The molecule has 70 valence electrons. The fraction of sp³-hybridized carbons (Fsp3) is 0.182. The summed E-state index contributed by atoms with van der Waals surface area (Å²) < 4.78 is 5.44. The number of furan rings is 1. The number of aryl methyl sites for hydroxylation is 2. The van der Waals surface area contributed by atoms with Gasteiger partial charge in [-0.25, -0.2) is 0 Å². The van der Waals surface area contributed by atoms with Gasteiger partial charge < -0.3 is 9.40 Å². The Hall–Kier alpha value is -1.95. The van der Waals surface area contributed by atoms with Gasteiger partial charge in [0.25, 0.3) is 0 Å². The van der Waals surface area contributed by atoms with E-state index in [1.54, 1.807) is 6.07 Å². The highest BCUT2D eigenvalue weighted by atomic mass is 16.3. The summed E-state index contributed by atoms with van der Waals surface area (Å²) in [6.45, 7) is 3.77. The number of H-pyrrole nitrogens is 1. The first-order valence-corrected chi connectivity index (χ1v) is 4.37. The van der Waals surface area contributed by atoms with Crippen LogP contribution in [0.4, 0.5) is 0 Å². The van der Waals surface area contributed by atoms with E-state index in [0.29, 0.717) is 5.56 Å². The molecule has 2 aromatic rings. The molecule has 14 heavy (non-hydrogen) atoms. The second-order valence-electron chi connectivity index (χ2n) is 3.24. The minimum absolute atomic E-state index is 0.661. The Morgan fingerprint density at radius 2 is 2.14 bits per heavy atom. The number of nitrogens with zero attached hydrogens (tertiary/aromatic N) is 1. The monoisotopic (exact) mass is 186 g/mol. The van der Waals surface area contributed by atoms with E-state index in [2.05, 4.69) is 11.1 Å². The maximum absolute atomic E-state index is 8.78. The van der Waals surface area contributed by atoms with Crippen molar-refractivity contribution < 1.29 is 4.42 Å². The van der Waals surface area contributed by atoms with Crippen molar-refractivity contribution >= 4 is 0 Å². The maximum Gasteiger partial charge on any atom is 0.150 e. The molecule has 0 atom stereocenters. The van der Waals surface area contributed by atoms with Gasteiger partial charge in [-0.1, -0.05) is 0 Å². The van der Waals surface area contributed by atoms with Crippen molar-refractivity contribution in [1.82, 2.24) is 4.98 Å². The largest absolute Gasteiger partial charge is 0.460 e. The second-order valence-corrected chi connectivity index (χ2v) is 3.24. The first-order valence-electron chi connectivity index (χ1n) is 4.37. The van der Waals surface area contributed by atoms with Crippen molar-refractivity contribution in [3.63, 3.8) is 0 Å². The molecule has 0 saturated heterocycles. The van der Waals surface area contributed by atoms with Crippen LogP contribution < -0.4 is 0 Å². The summed E-state index contributed by atoms with van der Waals surface area (Å²) in [6, 6.07) is 7.71. The van der Waals surface area contributed by atoms with Gasteiger partial charge in [0, 0.05) is 5.69 Å². The first kappa shape index (κ1) is 8.64. The molecule has 2 aromatic heterocycles. The minimum atomic E-state index is 0.661. The number of rotatable bonds is 1. The Bertz CT molecular complexity index is 500. The average molecular weight is 186 g/mol. The van der Waals surface area contributed by atoms with E-state index in [9.17, 15) is 0 Å². The summed E-state index contributed by atoms with van der Waals surface area (Å²) in [6.07, 6.45) is 0. The second kappa shape index (κ2) is 3.08. The van der Waals surface area contributed by atoms with Gasteiger partial charge in [-0.2, -0.15) is 5.26 Å². The van der Waals surface area contributed by atoms with Crippen LogP contribution in [-0.4, -0.2) is 4.98 Å². The SMILES string of the molecule is Cc1ccc(-c2cc(C#N)c(C)[nH]2)o1. The summed E-state index contributed by atoms with van der Waals surface area (Å²) in [5, 5.41) is 8.78. The quantitative estimate of drug-likeness (QED) is 0.744. The zero-order valence-corrected chi connectivity index (χ0v) is 8.09. The predicted molar refractivity (Wildman–Crippen MR) is 52.7 cm³/mol. The fourth-order valence-corrected chi connectivity index (χ4v) is 1.39. The molecule has 0 aliphatic heterocycles. The van der Waals surface area contributed by atoms with E-state index in [1.807, 2.05) is 26.0 Å². The lowest BCUT2D eigenvalue weighted by atomic mass is 10.2. The third kappa shape index (κ3) is 1.31. The Balaban J connectivity index is 2.48. The van der Waals surface area contributed by atoms with Gasteiger partial charge in [-0.15, -0.1) is 0 Å². The van der Waals surface area contributed by atoms with Crippen LogP contribution >= 0.6 is 0 Å². The van der Waals surface area contributed by atoms with Crippen LogP contribution in [0, 0.1) is 25.2 Å². The molecule has 0 fully saturated rings. The summed E-state index contributed by atoms with van der Waals surface area (Å²) in [5.74, 6) is 1.64. The molecule has 2 heterocycles. The summed E-state index contributed by atoms with van der Waals surface area (Å²) in [7, 11) is 0. The average Bonchev–Trinajstić information content (AvgIpc) is 2.71. The molecule has 0 aromatic carbocycles. The Morgan fingerprint density at radius 3 is 2.64 bits per heavy atom. The number of aromatic nitrogens is 1. The van der Waals surface area contributed by atoms with E-state index < -0.39 is 0 Å². The summed E-state index contributed by atoms with van der Waals surface area (Å²) in [5.41, 5.74) is 2.39. The van der Waals surface area contributed by atoms with E-state index in [1.165, 1.54) is 0 Å². The standard InChI is InChI=1S/C11H10N2O/c1-7-3-4-11(14-7)10-5-9(6-12)8(2)13-10/h3-5,13H,1-2H3. The van der Waals surface area contributed by atoms with Crippen molar-refractivity contribution in [3.8, 4) is 17.5 Å². The number of aromatic amines is 1. The summed E-state index contributed by atoms with van der Waals surface area (Å²) in [4.78, 5) is 3.11. The van der Waals surface area contributed by atoms with Crippen LogP contribution in [0.2, 0.25) is 0 Å². The molecular formula is C11H10N2O. The lowest BCUT2D eigenvalue weighted by molar-refractivity contribution is 0.546. The molecule has 3 nitrogen and oxygen atoms in total. The van der Waals surface area contributed by atoms with Crippen LogP contribution in [0.1, 0.15) is 17.0 Å². The first-order chi connectivity index (χ1) is 6.70. The van der Waals surface area contributed by atoms with Crippen molar-refractivity contribution in [2.75, 3.05) is 0 Å². The van der Waals surface area contributed by atoms with Gasteiger partial charge in [0.2, 0.25) is 0 Å². The Labute approximate surface area is 82.0 Å². The maximum atomic E-state index is 8.78. The Morgan fingerprint density at radius 1 is 1.36 bits per heavy atom. The molecule has 0 bridgehead atoms. The number of nitriles is 1. The Kier molecular flexibility index (Phi) is 1.90. The normalized spacial score (nSPS) is 10.1. The molecule has 0 amide bonds. The smallest absolute Gasteiger partial charge is 0.150 e. The zero-order valence-electron chi connectivity index (χ0n) is 8.09. The van der Waals surface area contributed by atoms with Gasteiger partial charge in [0.1, 0.15) is 11.8 Å². The molecule has 0 aliphatic rings. The molecule has 3 heteroatoms. The van der Waals surface area contributed by atoms with Crippen LogP contribution in [-0.2, 0) is 0 Å². The van der Waals surface area contributed by atoms with Crippen LogP contribution in [0.3, 0.4) is 0 Å². The minimum Gasteiger partial charge on any atom is -0.460 e. The van der Waals surface area contributed by atoms with Gasteiger partial charge in [-0.3, -0.25) is 0 Å². The van der Waals surface area contributed by atoms with Crippen molar-refractivity contribution in [1.29, 1.82) is 5.26 Å². The van der Waals surface area contributed by atoms with E-state index in [0.717, 1.165) is 22.9 Å². The van der Waals surface area contributed by atoms with Crippen LogP contribution in [0.25, 0.3) is 11.5 Å². The van der Waals surface area contributed by atoms with Crippen LogP contribution in [0.15, 0.2) is 22.6 Å². The molecule has 0 saturated carbocycles. The van der Waals surface area contributed by atoms with Gasteiger partial charge in [0.05, 0.1) is 11.3 Å². The highest BCUT2D eigenvalue weighted by Gasteiger charge is 2.08. The highest BCUT2D eigenvalue weighted by Crippen LogP contribution is 2.23. The molecule has 2 rings (SSSR count). The molecule has 0 aliphatic carbocycles.